The Balaban J connectivity index is 1.55. The molecule has 0 unspecified atom stereocenters. The molecule has 1 saturated carbocycles. The van der Waals surface area contributed by atoms with Gasteiger partial charge in [-0.15, -0.1) is 0 Å². The second-order valence-electron chi connectivity index (χ2n) is 10.5. The van der Waals surface area contributed by atoms with Crippen LogP contribution in [-0.2, 0) is 14.3 Å². The number of rotatable bonds is 13. The lowest BCUT2D eigenvalue weighted by atomic mass is 10.0. The normalized spacial score (nSPS) is 18.7. The summed E-state index contributed by atoms with van der Waals surface area (Å²) in [6.07, 6.45) is 6.01. The van der Waals surface area contributed by atoms with Crippen LogP contribution in [0.5, 0.6) is 11.5 Å². The van der Waals surface area contributed by atoms with Crippen LogP contribution in [0.25, 0.3) is 10.9 Å². The minimum Gasteiger partial charge on any atom is -0.490 e. The molecule has 0 radical (unpaired) electrons. The minimum atomic E-state index is -0.250. The van der Waals surface area contributed by atoms with Crippen molar-refractivity contribution in [3.8, 4) is 11.5 Å². The van der Waals surface area contributed by atoms with Crippen molar-refractivity contribution in [2.24, 2.45) is 5.92 Å². The highest BCUT2D eigenvalue weighted by molar-refractivity contribution is 5.98. The maximum atomic E-state index is 13.4. The molecule has 4 rings (SSSR count). The van der Waals surface area contributed by atoms with Crippen LogP contribution in [0.15, 0.2) is 24.3 Å². The molecular formula is C29H41N3O6. The van der Waals surface area contributed by atoms with E-state index in [2.05, 4.69) is 24.1 Å². The summed E-state index contributed by atoms with van der Waals surface area (Å²) in [7, 11) is 1.56. The average molecular weight is 528 g/mol. The van der Waals surface area contributed by atoms with Crippen molar-refractivity contribution >= 4 is 22.6 Å². The van der Waals surface area contributed by atoms with Gasteiger partial charge in [-0.3, -0.25) is 14.5 Å². The van der Waals surface area contributed by atoms with E-state index in [1.165, 1.54) is 0 Å². The number of para-hydroxylation sites is 1. The van der Waals surface area contributed by atoms with Gasteiger partial charge in [0.05, 0.1) is 6.61 Å². The maximum absolute atomic E-state index is 13.4. The molecule has 1 aliphatic heterocycles. The fraction of sp³-hybridized carbons (Fsp3) is 0.621. The number of Topliss-reactive ketones (excluding diaryl/α,β-unsaturated/α-hetero) is 1. The Morgan fingerprint density at radius 1 is 1.08 bits per heavy atom. The third-order valence-electron chi connectivity index (χ3n) is 7.38. The van der Waals surface area contributed by atoms with Gasteiger partial charge < -0.3 is 24.3 Å². The highest BCUT2D eigenvalue weighted by Gasteiger charge is 2.26. The van der Waals surface area contributed by atoms with Gasteiger partial charge in [-0.2, -0.15) is 0 Å². The molecule has 1 aliphatic carbocycles. The zero-order chi connectivity index (χ0) is 26.9. The highest BCUT2D eigenvalue weighted by Crippen LogP contribution is 2.33. The summed E-state index contributed by atoms with van der Waals surface area (Å²) in [5, 5.41) is 3.88. The summed E-state index contributed by atoms with van der Waals surface area (Å²) in [4.78, 5) is 33.1. The van der Waals surface area contributed by atoms with Gasteiger partial charge in [0, 0.05) is 43.1 Å². The lowest BCUT2D eigenvalue weighted by molar-refractivity contribution is -0.124. The lowest BCUT2D eigenvalue weighted by Gasteiger charge is -2.35. The number of nitrogens with zero attached hydrogens (tertiary/aromatic N) is 2. The quantitative estimate of drug-likeness (QED) is 0.309. The lowest BCUT2D eigenvalue weighted by Crippen LogP contribution is -2.49. The Morgan fingerprint density at radius 2 is 1.89 bits per heavy atom. The molecule has 9 nitrogen and oxygen atoms in total. The van der Waals surface area contributed by atoms with E-state index in [9.17, 15) is 9.59 Å². The summed E-state index contributed by atoms with van der Waals surface area (Å²) in [6.45, 7) is 6.99. The molecule has 1 amide bonds. The van der Waals surface area contributed by atoms with Crippen molar-refractivity contribution in [1.82, 2.24) is 15.2 Å². The number of carbonyl (C=O) groups excluding carboxylic acids is 2. The summed E-state index contributed by atoms with van der Waals surface area (Å²) in [6, 6.07) is 7.66. The van der Waals surface area contributed by atoms with E-state index in [0.717, 1.165) is 51.6 Å². The first-order chi connectivity index (χ1) is 18.5. The predicted octanol–water partition coefficient (Wildman–Crippen LogP) is 3.97. The molecule has 1 saturated heterocycles. The number of hydrogen-bond donors (Lipinski definition) is 1. The Morgan fingerprint density at radius 3 is 2.66 bits per heavy atom. The molecule has 1 N–H and O–H groups in total. The first-order valence-corrected chi connectivity index (χ1v) is 13.8. The largest absolute Gasteiger partial charge is 0.490 e. The second-order valence-corrected chi connectivity index (χ2v) is 10.5. The summed E-state index contributed by atoms with van der Waals surface area (Å²) >= 11 is 0. The molecule has 2 fully saturated rings. The van der Waals surface area contributed by atoms with Crippen LogP contribution < -0.4 is 14.8 Å². The van der Waals surface area contributed by atoms with Gasteiger partial charge in [0.1, 0.15) is 42.7 Å². The zero-order valence-corrected chi connectivity index (χ0v) is 22.9. The van der Waals surface area contributed by atoms with E-state index in [1.54, 1.807) is 19.2 Å². The molecule has 38 heavy (non-hydrogen) atoms. The predicted molar refractivity (Wildman–Crippen MR) is 145 cm³/mol. The van der Waals surface area contributed by atoms with Gasteiger partial charge in [-0.05, 0) is 58.2 Å². The van der Waals surface area contributed by atoms with Gasteiger partial charge in [0.15, 0.2) is 5.78 Å². The van der Waals surface area contributed by atoms with Crippen molar-refractivity contribution < 1.29 is 28.5 Å². The van der Waals surface area contributed by atoms with Crippen molar-refractivity contribution in [3.63, 3.8) is 0 Å². The number of benzene rings is 1. The molecule has 0 bridgehead atoms. The van der Waals surface area contributed by atoms with Gasteiger partial charge in [0.25, 0.3) is 5.91 Å². The number of likely N-dealkylation sites (tertiary alicyclic amines) is 1. The number of methoxy groups -OCH3 is 1. The number of aromatic nitrogens is 1. The van der Waals surface area contributed by atoms with E-state index in [4.69, 9.17) is 23.9 Å². The van der Waals surface area contributed by atoms with Crippen LogP contribution in [0.4, 0.5) is 0 Å². The number of hydrogen-bond acceptors (Lipinski definition) is 8. The molecular weight excluding hydrogens is 486 g/mol. The molecule has 2 aliphatic rings. The topological polar surface area (TPSA) is 99.2 Å². The molecule has 1 aromatic heterocycles. The second kappa shape index (κ2) is 13.9. The van der Waals surface area contributed by atoms with E-state index in [-0.39, 0.29) is 49.4 Å². The van der Waals surface area contributed by atoms with Crippen molar-refractivity contribution in [1.29, 1.82) is 0 Å². The smallest absolute Gasteiger partial charge is 0.270 e. The number of amides is 1. The first kappa shape index (κ1) is 28.3. The minimum absolute atomic E-state index is 0.00393. The number of ether oxygens (including phenoxy) is 4. The van der Waals surface area contributed by atoms with Crippen molar-refractivity contribution in [3.05, 3.63) is 30.0 Å². The van der Waals surface area contributed by atoms with Crippen LogP contribution in [0.1, 0.15) is 62.9 Å². The van der Waals surface area contributed by atoms with Crippen LogP contribution >= 0.6 is 0 Å². The number of carbonyl (C=O) groups is 2. The standard InChI is InChI=1S/C29H41N3O6/c1-20(2)32-13-7-10-22(17-32)30-29(34)24-16-27(37-15-14-36-19-35-3)23-11-6-12-26(28(23)31-24)38-18-25(33)21-8-4-5-9-21/h6,11-12,16,20-22H,4-5,7-10,13-15,17-19H2,1-3H3,(H,30,34)/t22-/m1/s1. The average Bonchev–Trinajstić information content (AvgIpc) is 3.47. The molecule has 208 valence electrons. The van der Waals surface area contributed by atoms with Crippen molar-refractivity contribution in [2.45, 2.75) is 64.5 Å². The number of pyridine rings is 1. The van der Waals surface area contributed by atoms with Crippen LogP contribution in [0, 0.1) is 5.92 Å². The summed E-state index contributed by atoms with van der Waals surface area (Å²) < 4.78 is 22.3. The summed E-state index contributed by atoms with van der Waals surface area (Å²) in [5.74, 6) is 0.923. The molecule has 1 atom stereocenters. The van der Waals surface area contributed by atoms with E-state index in [0.29, 0.717) is 35.1 Å². The molecule has 0 spiro atoms. The third kappa shape index (κ3) is 7.42. The third-order valence-corrected chi connectivity index (χ3v) is 7.38. The van der Waals surface area contributed by atoms with Crippen LogP contribution in [-0.4, -0.2) is 80.5 Å². The Bertz CT molecular complexity index is 1090. The highest BCUT2D eigenvalue weighted by atomic mass is 16.7. The zero-order valence-electron chi connectivity index (χ0n) is 22.9. The van der Waals surface area contributed by atoms with Gasteiger partial charge in [-0.25, -0.2) is 4.98 Å². The number of piperidine rings is 1. The van der Waals surface area contributed by atoms with E-state index >= 15 is 0 Å². The van der Waals surface area contributed by atoms with Crippen LogP contribution in [0.3, 0.4) is 0 Å². The molecule has 2 aromatic rings. The number of fused-ring (bicyclic) bond motifs is 1. The number of nitrogens with one attached hydrogen (secondary N) is 1. The monoisotopic (exact) mass is 527 g/mol. The van der Waals surface area contributed by atoms with Gasteiger partial charge in [-0.1, -0.05) is 18.9 Å². The maximum Gasteiger partial charge on any atom is 0.270 e. The number of ketones is 1. The molecule has 1 aromatic carbocycles. The molecule has 9 heteroatoms. The fourth-order valence-corrected chi connectivity index (χ4v) is 5.26. The Kier molecular flexibility index (Phi) is 10.3. The molecule has 2 heterocycles. The summed E-state index contributed by atoms with van der Waals surface area (Å²) in [5.41, 5.74) is 0.754. The van der Waals surface area contributed by atoms with E-state index in [1.807, 2.05) is 12.1 Å². The SMILES string of the molecule is COCOCCOc1cc(C(=O)N[C@@H]2CCCN(C(C)C)C2)nc2c(OCC(=O)C3CCCC3)cccc12. The van der Waals surface area contributed by atoms with Gasteiger partial charge >= 0.3 is 0 Å². The fourth-order valence-electron chi connectivity index (χ4n) is 5.26. The van der Waals surface area contributed by atoms with Crippen molar-refractivity contribution in [2.75, 3.05) is 46.8 Å². The van der Waals surface area contributed by atoms with Gasteiger partial charge in [0.2, 0.25) is 0 Å². The Hall–Kier alpha value is -2.75. The van der Waals surface area contributed by atoms with Crippen LogP contribution in [0.2, 0.25) is 0 Å². The Labute approximate surface area is 225 Å². The first-order valence-electron chi connectivity index (χ1n) is 13.8. The van der Waals surface area contributed by atoms with E-state index < -0.39 is 0 Å².